The SMILES string of the molecule is CC.CC1CC[N-]C1.CCCCCCC(O)CC.[CH3-].[K+]. The third-order valence-electron chi connectivity index (χ3n) is 3.08. The fourth-order valence-corrected chi connectivity index (χ4v) is 1.73. The van der Waals surface area contributed by atoms with Crippen LogP contribution in [0.25, 0.3) is 5.32 Å². The Morgan fingerprint density at radius 1 is 1.15 bits per heavy atom. The van der Waals surface area contributed by atoms with Gasteiger partial charge in [0.15, 0.2) is 0 Å². The van der Waals surface area contributed by atoms with E-state index in [0.717, 1.165) is 31.8 Å². The van der Waals surface area contributed by atoms with Gasteiger partial charge in [-0.1, -0.05) is 72.6 Å². The van der Waals surface area contributed by atoms with Crippen LogP contribution in [0.1, 0.15) is 79.6 Å². The van der Waals surface area contributed by atoms with Crippen molar-refractivity contribution < 1.29 is 56.5 Å². The molecule has 1 heterocycles. The fraction of sp³-hybridized carbons (Fsp3) is 0.941. The molecule has 1 saturated heterocycles. The van der Waals surface area contributed by atoms with Crippen LogP contribution in [0.2, 0.25) is 0 Å². The Morgan fingerprint density at radius 3 is 2.05 bits per heavy atom. The smallest absolute Gasteiger partial charge is 0.662 e. The predicted molar refractivity (Wildman–Crippen MR) is 89.7 cm³/mol. The third kappa shape index (κ3) is 24.6. The Hall–Kier alpha value is 1.56. The standard InChI is InChI=1S/C9H20O.C5H10N.C2H6.CH3.K/c1-3-5-6-7-8-9(10)4-2;1-5-2-3-6-4-5;1-2;;/h9-10H,3-8H2,1-2H3;5H,2-4H2,1H3;1-2H3;1H3;/q;-1;;-1;+1. The number of unbranched alkanes of at least 4 members (excludes halogenated alkanes) is 3. The summed E-state index contributed by atoms with van der Waals surface area (Å²) in [5, 5.41) is 13.3. The molecular formula is C17H39KNO-. The summed E-state index contributed by atoms with van der Waals surface area (Å²) in [6.45, 7) is 12.7. The molecular weight excluding hydrogens is 273 g/mol. The van der Waals surface area contributed by atoms with Gasteiger partial charge in [-0.15, -0.1) is 13.1 Å². The van der Waals surface area contributed by atoms with Crippen molar-refractivity contribution >= 4 is 0 Å². The molecule has 0 aromatic carbocycles. The summed E-state index contributed by atoms with van der Waals surface area (Å²) in [6, 6.07) is 0. The zero-order valence-corrected chi connectivity index (χ0v) is 18.5. The molecule has 20 heavy (non-hydrogen) atoms. The van der Waals surface area contributed by atoms with Crippen LogP contribution in [-0.2, 0) is 0 Å². The molecule has 120 valence electrons. The van der Waals surface area contributed by atoms with Gasteiger partial charge in [0.05, 0.1) is 6.10 Å². The Balaban J connectivity index is -0.000000111. The monoisotopic (exact) mass is 312 g/mol. The summed E-state index contributed by atoms with van der Waals surface area (Å²) in [4.78, 5) is 0. The van der Waals surface area contributed by atoms with Crippen LogP contribution in [0.5, 0.6) is 0 Å². The van der Waals surface area contributed by atoms with Gasteiger partial charge in [-0.05, 0) is 12.8 Å². The maximum Gasteiger partial charge on any atom is 1.00 e. The summed E-state index contributed by atoms with van der Waals surface area (Å²) in [7, 11) is 0. The molecule has 0 aromatic rings. The van der Waals surface area contributed by atoms with Crippen LogP contribution in [-0.4, -0.2) is 24.3 Å². The first kappa shape index (κ1) is 29.6. The largest absolute Gasteiger partial charge is 1.00 e. The molecule has 0 bridgehead atoms. The molecule has 3 heteroatoms. The first-order chi connectivity index (χ1) is 8.70. The number of rotatable bonds is 6. The number of hydrogen-bond donors (Lipinski definition) is 1. The minimum Gasteiger partial charge on any atom is -0.662 e. The maximum atomic E-state index is 9.16. The van der Waals surface area contributed by atoms with E-state index < -0.39 is 0 Å². The van der Waals surface area contributed by atoms with Crippen molar-refractivity contribution in [1.82, 2.24) is 0 Å². The van der Waals surface area contributed by atoms with E-state index in [1.807, 2.05) is 20.8 Å². The van der Waals surface area contributed by atoms with Gasteiger partial charge in [0.2, 0.25) is 0 Å². The van der Waals surface area contributed by atoms with E-state index in [-0.39, 0.29) is 64.9 Å². The number of hydrogen-bond acceptors (Lipinski definition) is 1. The average Bonchev–Trinajstić information content (AvgIpc) is 2.88. The van der Waals surface area contributed by atoms with Gasteiger partial charge >= 0.3 is 51.4 Å². The summed E-state index contributed by atoms with van der Waals surface area (Å²) < 4.78 is 0. The van der Waals surface area contributed by atoms with E-state index in [1.54, 1.807) is 0 Å². The second-order valence-electron chi connectivity index (χ2n) is 4.94. The first-order valence-corrected chi connectivity index (χ1v) is 8.02. The van der Waals surface area contributed by atoms with Crippen molar-refractivity contribution in [3.63, 3.8) is 0 Å². The normalized spacial score (nSPS) is 17.4. The predicted octanol–water partition coefficient (Wildman–Crippen LogP) is 2.61. The summed E-state index contributed by atoms with van der Waals surface area (Å²) >= 11 is 0. The zero-order valence-electron chi connectivity index (χ0n) is 15.4. The zero-order chi connectivity index (χ0) is 14.2. The van der Waals surface area contributed by atoms with Crippen LogP contribution < -0.4 is 51.4 Å². The molecule has 1 fully saturated rings. The van der Waals surface area contributed by atoms with Crippen LogP contribution in [0.4, 0.5) is 0 Å². The molecule has 1 aliphatic rings. The quantitative estimate of drug-likeness (QED) is 0.457. The van der Waals surface area contributed by atoms with Gasteiger partial charge in [0, 0.05) is 0 Å². The van der Waals surface area contributed by atoms with Crippen LogP contribution in [0, 0.1) is 13.3 Å². The molecule has 0 aromatic heterocycles. The minimum absolute atomic E-state index is 0. The minimum atomic E-state index is -0.0446. The summed E-state index contributed by atoms with van der Waals surface area (Å²) in [6.07, 6.45) is 8.26. The Kier molecular flexibility index (Phi) is 37.7. The first-order valence-electron chi connectivity index (χ1n) is 8.02. The molecule has 2 nitrogen and oxygen atoms in total. The van der Waals surface area contributed by atoms with Crippen molar-refractivity contribution in [2.45, 2.75) is 85.7 Å². The molecule has 0 amide bonds. The Bertz CT molecular complexity index is 139. The molecule has 2 atom stereocenters. The second-order valence-corrected chi connectivity index (χ2v) is 4.94. The molecule has 0 radical (unpaired) electrons. The molecule has 0 spiro atoms. The van der Waals surface area contributed by atoms with Gasteiger partial charge in [-0.25, -0.2) is 0 Å². The van der Waals surface area contributed by atoms with E-state index >= 15 is 0 Å². The maximum absolute atomic E-state index is 9.16. The average molecular weight is 313 g/mol. The van der Waals surface area contributed by atoms with Crippen molar-refractivity contribution in [2.24, 2.45) is 5.92 Å². The Labute approximate surface area is 172 Å². The van der Waals surface area contributed by atoms with Gasteiger partial charge in [-0.2, -0.15) is 0 Å². The van der Waals surface area contributed by atoms with Gasteiger partial charge in [0.1, 0.15) is 0 Å². The van der Waals surface area contributed by atoms with Crippen molar-refractivity contribution in [1.29, 1.82) is 0 Å². The summed E-state index contributed by atoms with van der Waals surface area (Å²) in [5.41, 5.74) is 0. The molecule has 2 unspecified atom stereocenters. The van der Waals surface area contributed by atoms with Gasteiger partial charge in [-0.3, -0.25) is 0 Å². The summed E-state index contributed by atoms with van der Waals surface area (Å²) in [5.74, 6) is 0.880. The Morgan fingerprint density at radius 2 is 1.75 bits per heavy atom. The van der Waals surface area contributed by atoms with Crippen LogP contribution >= 0.6 is 0 Å². The molecule has 0 aliphatic carbocycles. The molecule has 1 N–H and O–H groups in total. The fourth-order valence-electron chi connectivity index (χ4n) is 1.73. The van der Waals surface area contributed by atoms with Gasteiger partial charge in [0.25, 0.3) is 0 Å². The van der Waals surface area contributed by atoms with Crippen LogP contribution in [0.3, 0.4) is 0 Å². The number of aliphatic hydroxyl groups excluding tert-OH is 1. The van der Waals surface area contributed by atoms with E-state index in [2.05, 4.69) is 19.2 Å². The topological polar surface area (TPSA) is 34.3 Å². The van der Waals surface area contributed by atoms with Crippen LogP contribution in [0.15, 0.2) is 0 Å². The molecule has 1 rings (SSSR count). The van der Waals surface area contributed by atoms with E-state index in [1.165, 1.54) is 32.1 Å². The van der Waals surface area contributed by atoms with Crippen molar-refractivity contribution in [2.75, 3.05) is 13.1 Å². The third-order valence-corrected chi connectivity index (χ3v) is 3.08. The number of nitrogens with zero attached hydrogens (tertiary/aromatic N) is 1. The van der Waals surface area contributed by atoms with Crippen molar-refractivity contribution in [3.05, 3.63) is 12.7 Å². The van der Waals surface area contributed by atoms with E-state index in [4.69, 9.17) is 5.11 Å². The van der Waals surface area contributed by atoms with E-state index in [9.17, 15) is 0 Å². The second kappa shape index (κ2) is 25.5. The van der Waals surface area contributed by atoms with Gasteiger partial charge < -0.3 is 17.8 Å². The van der Waals surface area contributed by atoms with Crippen molar-refractivity contribution in [3.8, 4) is 0 Å². The molecule has 0 saturated carbocycles. The van der Waals surface area contributed by atoms with E-state index in [0.29, 0.717) is 0 Å². The number of aliphatic hydroxyl groups is 1. The molecule has 1 aliphatic heterocycles.